The van der Waals surface area contributed by atoms with Crippen LogP contribution in [0.4, 0.5) is 39.2 Å². The highest BCUT2D eigenvalue weighted by molar-refractivity contribution is 6.41. The van der Waals surface area contributed by atoms with Crippen LogP contribution in [-0.2, 0) is 4.79 Å². The number of nitrogens with one attached hydrogen (secondary N) is 4. The van der Waals surface area contributed by atoms with Gasteiger partial charge in [-0.05, 0) is 38.1 Å². The average Bonchev–Trinajstić information content (AvgIpc) is 2.99. The molecular weight excluding hydrogens is 595 g/mol. The minimum atomic E-state index is -0.577. The van der Waals surface area contributed by atoms with Crippen molar-refractivity contribution in [2.45, 2.75) is 25.9 Å². The Kier molecular flexibility index (Phi) is 10.2. The van der Waals surface area contributed by atoms with Gasteiger partial charge in [-0.1, -0.05) is 29.8 Å². The van der Waals surface area contributed by atoms with Crippen molar-refractivity contribution in [1.29, 1.82) is 0 Å². The average molecular weight is 630 g/mol. The minimum absolute atomic E-state index is 0.113. The van der Waals surface area contributed by atoms with Crippen LogP contribution in [0.2, 0.25) is 10.0 Å². The van der Waals surface area contributed by atoms with Crippen LogP contribution >= 0.6 is 23.2 Å². The summed E-state index contributed by atoms with van der Waals surface area (Å²) in [4.78, 5) is 37.5. The fourth-order valence-corrected chi connectivity index (χ4v) is 5.28. The van der Waals surface area contributed by atoms with Gasteiger partial charge in [0.1, 0.15) is 39.5 Å². The number of carbonyl (C=O) groups excluding carboxylic acids is 2. The Morgan fingerprint density at radius 1 is 1.02 bits per heavy atom. The van der Waals surface area contributed by atoms with Crippen LogP contribution in [0.3, 0.4) is 0 Å². The molecular formula is C29H34Cl2N8O4. The molecule has 43 heavy (non-hydrogen) atoms. The van der Waals surface area contributed by atoms with Crippen LogP contribution in [0.1, 0.15) is 13.8 Å². The van der Waals surface area contributed by atoms with Gasteiger partial charge in [0.25, 0.3) is 0 Å². The number of methoxy groups -OCH3 is 2. The highest BCUT2D eigenvalue weighted by atomic mass is 35.5. The second-order valence-corrected chi connectivity index (χ2v) is 10.7. The van der Waals surface area contributed by atoms with Crippen LogP contribution in [0.25, 0.3) is 0 Å². The van der Waals surface area contributed by atoms with Gasteiger partial charge in [-0.25, -0.2) is 14.8 Å². The summed E-state index contributed by atoms with van der Waals surface area (Å²) in [5.74, 6) is 0.860. The molecule has 4 rings (SSSR count). The number of piperazine rings is 1. The second-order valence-electron chi connectivity index (χ2n) is 9.96. The van der Waals surface area contributed by atoms with Gasteiger partial charge < -0.3 is 35.6 Å². The summed E-state index contributed by atoms with van der Waals surface area (Å²) in [6.07, 6.45) is 2.52. The molecule has 1 aliphatic rings. The Labute approximate surface area is 260 Å². The predicted molar refractivity (Wildman–Crippen MR) is 172 cm³/mol. The fourth-order valence-electron chi connectivity index (χ4n) is 4.69. The maximum absolute atomic E-state index is 13.2. The molecule has 1 saturated heterocycles. The largest absolute Gasteiger partial charge is 0.495 e. The van der Waals surface area contributed by atoms with Gasteiger partial charge in [0.15, 0.2) is 0 Å². The molecule has 228 valence electrons. The molecule has 2 atom stereocenters. The molecule has 2 unspecified atom stereocenters. The zero-order valence-electron chi connectivity index (χ0n) is 24.5. The van der Waals surface area contributed by atoms with Crippen molar-refractivity contribution in [3.8, 4) is 11.5 Å². The number of rotatable bonds is 9. The van der Waals surface area contributed by atoms with Crippen molar-refractivity contribution < 1.29 is 19.1 Å². The first-order valence-electron chi connectivity index (χ1n) is 13.4. The van der Waals surface area contributed by atoms with Gasteiger partial charge in [0, 0.05) is 50.0 Å². The summed E-state index contributed by atoms with van der Waals surface area (Å²) < 4.78 is 10.5. The van der Waals surface area contributed by atoms with E-state index < -0.39 is 6.03 Å². The number of anilines is 6. The number of carbonyl (C=O) groups is 2. The number of nitrogens with zero attached hydrogens (tertiary/aromatic N) is 4. The molecule has 2 aromatic carbocycles. The molecule has 14 heteroatoms. The van der Waals surface area contributed by atoms with E-state index in [1.54, 1.807) is 6.07 Å². The van der Waals surface area contributed by atoms with Crippen molar-refractivity contribution >= 4 is 69.5 Å². The molecule has 3 amide bonds. The third-order valence-corrected chi connectivity index (χ3v) is 7.49. The van der Waals surface area contributed by atoms with Crippen molar-refractivity contribution in [2.75, 3.05) is 60.1 Å². The first-order chi connectivity index (χ1) is 20.5. The van der Waals surface area contributed by atoms with E-state index >= 15 is 0 Å². The number of amides is 3. The number of hydrogen-bond acceptors (Lipinski definition) is 9. The fraction of sp³-hybridized carbons (Fsp3) is 0.310. The number of benzene rings is 2. The summed E-state index contributed by atoms with van der Waals surface area (Å²) in [5, 5.41) is 12.5. The van der Waals surface area contributed by atoms with E-state index in [9.17, 15) is 9.59 Å². The Balaban J connectivity index is 1.57. The number of aromatic nitrogens is 2. The Bertz CT molecular complexity index is 1480. The molecule has 4 N–H and O–H groups in total. The first kappa shape index (κ1) is 31.7. The molecule has 0 saturated carbocycles. The maximum Gasteiger partial charge on any atom is 0.327 e. The smallest absolute Gasteiger partial charge is 0.327 e. The molecule has 12 nitrogen and oxygen atoms in total. The molecule has 0 spiro atoms. The lowest BCUT2D eigenvalue weighted by Crippen LogP contribution is -2.54. The molecule has 1 aliphatic heterocycles. The summed E-state index contributed by atoms with van der Waals surface area (Å²) >= 11 is 12.8. The monoisotopic (exact) mass is 628 g/mol. The molecule has 2 heterocycles. The topological polar surface area (TPSA) is 133 Å². The lowest BCUT2D eigenvalue weighted by Gasteiger charge is -2.38. The molecule has 0 bridgehead atoms. The normalized spacial score (nSPS) is 16.2. The van der Waals surface area contributed by atoms with E-state index in [-0.39, 0.29) is 39.0 Å². The van der Waals surface area contributed by atoms with E-state index in [0.29, 0.717) is 29.3 Å². The first-order valence-corrected chi connectivity index (χ1v) is 14.1. The Morgan fingerprint density at radius 3 is 2.28 bits per heavy atom. The van der Waals surface area contributed by atoms with Crippen LogP contribution in [0, 0.1) is 0 Å². The quantitative estimate of drug-likeness (QED) is 0.226. The SMILES string of the molecule is C=CC(=O)Nc1cc(N2CC(C)NC(C)C2)ccc1Nc1cc(N(C)C(=O)Nc2c(Cl)c(OC)cc(OC)c2Cl)ncn1. The van der Waals surface area contributed by atoms with Crippen molar-refractivity contribution in [3.05, 3.63) is 59.4 Å². The lowest BCUT2D eigenvalue weighted by atomic mass is 10.1. The summed E-state index contributed by atoms with van der Waals surface area (Å²) in [6, 6.07) is 8.92. The van der Waals surface area contributed by atoms with Crippen LogP contribution in [0.5, 0.6) is 11.5 Å². The molecule has 0 aliphatic carbocycles. The third kappa shape index (κ3) is 7.39. The molecule has 0 radical (unpaired) electrons. The van der Waals surface area contributed by atoms with E-state index in [0.717, 1.165) is 18.8 Å². The van der Waals surface area contributed by atoms with E-state index in [1.807, 2.05) is 18.2 Å². The lowest BCUT2D eigenvalue weighted by molar-refractivity contribution is -0.111. The highest BCUT2D eigenvalue weighted by Gasteiger charge is 2.23. The van der Waals surface area contributed by atoms with E-state index in [4.69, 9.17) is 32.7 Å². The molecule has 3 aromatic rings. The summed E-state index contributed by atoms with van der Waals surface area (Å²) in [5.41, 5.74) is 2.23. The van der Waals surface area contributed by atoms with Crippen LogP contribution in [0.15, 0.2) is 49.3 Å². The summed E-state index contributed by atoms with van der Waals surface area (Å²) in [7, 11) is 4.41. The van der Waals surface area contributed by atoms with Crippen molar-refractivity contribution in [3.63, 3.8) is 0 Å². The third-order valence-electron chi connectivity index (χ3n) is 6.74. The Morgan fingerprint density at radius 2 is 1.67 bits per heavy atom. The summed E-state index contributed by atoms with van der Waals surface area (Å²) in [6.45, 7) is 9.50. The predicted octanol–water partition coefficient (Wildman–Crippen LogP) is 5.52. The van der Waals surface area contributed by atoms with Gasteiger partial charge in [-0.3, -0.25) is 9.69 Å². The van der Waals surface area contributed by atoms with Gasteiger partial charge >= 0.3 is 6.03 Å². The van der Waals surface area contributed by atoms with Crippen LogP contribution in [-0.4, -0.2) is 68.3 Å². The molecule has 1 fully saturated rings. The van der Waals surface area contributed by atoms with E-state index in [2.05, 4.69) is 56.6 Å². The van der Waals surface area contributed by atoms with E-state index in [1.165, 1.54) is 44.6 Å². The zero-order chi connectivity index (χ0) is 31.3. The van der Waals surface area contributed by atoms with Crippen LogP contribution < -0.4 is 40.5 Å². The van der Waals surface area contributed by atoms with Crippen molar-refractivity contribution in [1.82, 2.24) is 15.3 Å². The van der Waals surface area contributed by atoms with Gasteiger partial charge in [-0.2, -0.15) is 0 Å². The number of halogens is 2. The minimum Gasteiger partial charge on any atom is -0.495 e. The second kappa shape index (κ2) is 13.8. The molecule has 1 aromatic heterocycles. The van der Waals surface area contributed by atoms with Gasteiger partial charge in [0.05, 0.1) is 31.3 Å². The number of ether oxygens (including phenoxy) is 2. The maximum atomic E-state index is 13.2. The Hall–Kier alpha value is -4.26. The van der Waals surface area contributed by atoms with Gasteiger partial charge in [-0.15, -0.1) is 0 Å². The standard InChI is InChI=1S/C29H34Cl2N8O4/c1-7-25(40)36-20-10-18(39-13-16(2)34-17(3)14-39)8-9-19(20)35-23-12-24(33-15-32-23)38(4)29(41)37-28-26(30)21(42-5)11-22(43-6)27(28)31/h7-12,15-17,34H,1,13-14H2,2-6H3,(H,36,40)(H,37,41)(H,32,33,35). The highest BCUT2D eigenvalue weighted by Crippen LogP contribution is 2.44. The number of hydrogen-bond donors (Lipinski definition) is 4. The van der Waals surface area contributed by atoms with Gasteiger partial charge in [0.2, 0.25) is 5.91 Å². The number of urea groups is 1. The zero-order valence-corrected chi connectivity index (χ0v) is 26.0. The van der Waals surface area contributed by atoms with Crippen molar-refractivity contribution in [2.24, 2.45) is 0 Å².